The predicted molar refractivity (Wildman–Crippen MR) is 157 cm³/mol. The van der Waals surface area contributed by atoms with Crippen molar-refractivity contribution in [3.8, 4) is 0 Å². The number of anilines is 2. The Morgan fingerprint density at radius 1 is 0.857 bits per heavy atom. The molecule has 8 N–H and O–H groups in total. The average Bonchev–Trinajstić information content (AvgIpc) is 3.62. The summed E-state index contributed by atoms with van der Waals surface area (Å²) in [5.74, 6) is 0.0459. The van der Waals surface area contributed by atoms with Gasteiger partial charge < -0.3 is 31.9 Å². The minimum absolute atomic E-state index is 0.0255. The molecule has 2 spiro atoms. The highest BCUT2D eigenvalue weighted by Gasteiger charge is 2.43. The largest absolute Gasteiger partial charge is 0.382 e. The number of rotatable bonds is 3. The van der Waals surface area contributed by atoms with Gasteiger partial charge in [-0.15, -0.1) is 0 Å². The summed E-state index contributed by atoms with van der Waals surface area (Å²) in [5, 5.41) is 12.9. The van der Waals surface area contributed by atoms with Crippen molar-refractivity contribution in [1.29, 1.82) is 0 Å². The lowest BCUT2D eigenvalue weighted by molar-refractivity contribution is -0.143. The highest BCUT2D eigenvalue weighted by molar-refractivity contribution is 6.31. The molecule has 6 rings (SSSR count). The summed E-state index contributed by atoms with van der Waals surface area (Å²) in [7, 11) is 0. The fourth-order valence-corrected chi connectivity index (χ4v) is 7.20. The molecular weight excluding hydrogens is 562 g/mol. The molecule has 0 unspecified atom stereocenters. The number of carbonyl (C=O) groups excluding carboxylic acids is 3. The molecule has 0 aromatic carbocycles. The zero-order valence-corrected chi connectivity index (χ0v) is 24.5. The van der Waals surface area contributed by atoms with Crippen LogP contribution in [-0.4, -0.2) is 100 Å². The number of nitrogens with two attached hydrogens (primary N) is 2. The number of aliphatic imine (C=N–C) groups is 1. The summed E-state index contributed by atoms with van der Waals surface area (Å²) in [6.07, 6.45) is 6.49. The third kappa shape index (κ3) is 5.71. The molecular formula is C27H40ClN11O3. The number of aromatic nitrogens is 2. The van der Waals surface area contributed by atoms with Gasteiger partial charge in [-0.05, 0) is 51.4 Å². The van der Waals surface area contributed by atoms with Gasteiger partial charge >= 0.3 is 0 Å². The van der Waals surface area contributed by atoms with Crippen molar-refractivity contribution in [3.63, 3.8) is 0 Å². The fraction of sp³-hybridized carbons (Fsp3) is 0.704. The summed E-state index contributed by atoms with van der Waals surface area (Å²) in [5.41, 5.74) is 11.1. The Labute approximate surface area is 249 Å². The minimum atomic E-state index is -0.584. The zero-order chi connectivity index (χ0) is 29.5. The number of guanidine groups is 1. The third-order valence-corrected chi connectivity index (χ3v) is 10.1. The number of carbonyl (C=O) groups is 3. The standard InChI is InChI=1S/C27H40ClN11O3/c28-19-21(30)35-20(29)18(34-19)22(40)36-25-32-14-27(37-25)7-11-39(12-8-27)24(42)17-3-1-16(2-4-17)23(41)38-9-5-26(6-10-38)13-31-15-33-26/h16-17,31,33H,1-15H2,(H4,29,30,35)(H2,32,36,37,40). The van der Waals surface area contributed by atoms with E-state index >= 15 is 0 Å². The number of halogens is 1. The number of nitrogens with one attached hydrogen (secondary N) is 4. The van der Waals surface area contributed by atoms with Gasteiger partial charge in [-0.25, -0.2) is 9.97 Å². The van der Waals surface area contributed by atoms with Gasteiger partial charge in [0, 0.05) is 56.8 Å². The monoisotopic (exact) mass is 601 g/mol. The van der Waals surface area contributed by atoms with Crippen LogP contribution in [0.4, 0.5) is 11.6 Å². The quantitative estimate of drug-likeness (QED) is 0.267. The van der Waals surface area contributed by atoms with E-state index in [-0.39, 0.29) is 57.2 Å². The van der Waals surface area contributed by atoms with E-state index in [1.165, 1.54) is 0 Å². The van der Waals surface area contributed by atoms with Gasteiger partial charge in [0.25, 0.3) is 5.91 Å². The van der Waals surface area contributed by atoms with E-state index in [0.717, 1.165) is 64.8 Å². The Balaban J connectivity index is 0.939. The van der Waals surface area contributed by atoms with E-state index in [1.807, 2.05) is 9.80 Å². The smallest absolute Gasteiger partial charge is 0.280 e. The van der Waals surface area contributed by atoms with E-state index in [1.54, 1.807) is 0 Å². The Morgan fingerprint density at radius 2 is 1.43 bits per heavy atom. The molecule has 3 amide bonds. The lowest BCUT2D eigenvalue weighted by Crippen LogP contribution is -2.57. The molecule has 0 atom stereocenters. The van der Waals surface area contributed by atoms with Gasteiger partial charge in [0.05, 0.1) is 12.1 Å². The number of nitrogens with zero attached hydrogens (tertiary/aromatic N) is 5. The van der Waals surface area contributed by atoms with E-state index in [9.17, 15) is 14.4 Å². The van der Waals surface area contributed by atoms with Gasteiger partial charge in [-0.2, -0.15) is 0 Å². The molecule has 3 saturated heterocycles. The SMILES string of the molecule is Nc1nc(N)c(C(=O)NC2=NCC3(CCN(C(=O)C4CCC(C(=O)N5CCC6(CC5)CNCN6)CC4)CC3)N2)nc1Cl. The molecule has 228 valence electrons. The summed E-state index contributed by atoms with van der Waals surface area (Å²) < 4.78 is 0. The Hall–Kier alpha value is -3.23. The highest BCUT2D eigenvalue weighted by atomic mass is 35.5. The highest BCUT2D eigenvalue weighted by Crippen LogP contribution is 2.34. The van der Waals surface area contributed by atoms with Crippen LogP contribution >= 0.6 is 11.6 Å². The minimum Gasteiger partial charge on any atom is -0.382 e. The van der Waals surface area contributed by atoms with Crippen molar-refractivity contribution in [2.75, 3.05) is 57.4 Å². The molecule has 5 heterocycles. The van der Waals surface area contributed by atoms with Crippen LogP contribution in [-0.2, 0) is 9.59 Å². The molecule has 0 radical (unpaired) electrons. The normalized spacial score (nSPS) is 26.6. The molecule has 1 saturated carbocycles. The van der Waals surface area contributed by atoms with Gasteiger partial charge in [-0.3, -0.25) is 30.0 Å². The summed E-state index contributed by atoms with van der Waals surface area (Å²) in [4.78, 5) is 55.5. The summed E-state index contributed by atoms with van der Waals surface area (Å²) in [6, 6.07) is 0. The van der Waals surface area contributed by atoms with Crippen LogP contribution in [0.25, 0.3) is 0 Å². The second kappa shape index (κ2) is 11.5. The van der Waals surface area contributed by atoms with Crippen LogP contribution in [0.2, 0.25) is 5.15 Å². The van der Waals surface area contributed by atoms with Crippen molar-refractivity contribution >= 4 is 46.9 Å². The van der Waals surface area contributed by atoms with Crippen LogP contribution in [0.5, 0.6) is 0 Å². The maximum Gasteiger partial charge on any atom is 0.280 e. The Bertz CT molecular complexity index is 1260. The van der Waals surface area contributed by atoms with Crippen molar-refractivity contribution in [2.45, 2.75) is 62.4 Å². The Morgan fingerprint density at radius 3 is 1.98 bits per heavy atom. The first-order chi connectivity index (χ1) is 20.2. The van der Waals surface area contributed by atoms with Crippen LogP contribution in [0, 0.1) is 11.8 Å². The van der Waals surface area contributed by atoms with Crippen molar-refractivity contribution < 1.29 is 14.4 Å². The Kier molecular flexibility index (Phi) is 7.87. The first-order valence-corrected chi connectivity index (χ1v) is 15.3. The second-order valence-electron chi connectivity index (χ2n) is 12.4. The number of amides is 3. The zero-order valence-electron chi connectivity index (χ0n) is 23.8. The van der Waals surface area contributed by atoms with Gasteiger partial charge in [0.2, 0.25) is 11.8 Å². The van der Waals surface area contributed by atoms with E-state index in [0.29, 0.717) is 38.4 Å². The molecule has 4 aliphatic heterocycles. The summed E-state index contributed by atoms with van der Waals surface area (Å²) in [6.45, 7) is 5.17. The van der Waals surface area contributed by atoms with Crippen molar-refractivity contribution in [1.82, 2.24) is 41.0 Å². The van der Waals surface area contributed by atoms with Gasteiger partial charge in [0.1, 0.15) is 0 Å². The first kappa shape index (κ1) is 28.9. The van der Waals surface area contributed by atoms with Crippen molar-refractivity contribution in [2.24, 2.45) is 16.8 Å². The molecule has 14 nitrogen and oxygen atoms in total. The maximum atomic E-state index is 13.4. The second-order valence-corrected chi connectivity index (χ2v) is 12.8. The van der Waals surface area contributed by atoms with Crippen molar-refractivity contribution in [3.05, 3.63) is 10.8 Å². The van der Waals surface area contributed by atoms with Crippen LogP contribution < -0.4 is 32.7 Å². The molecule has 15 heteroatoms. The van der Waals surface area contributed by atoms with Crippen LogP contribution in [0.15, 0.2) is 4.99 Å². The van der Waals surface area contributed by atoms with Crippen LogP contribution in [0.1, 0.15) is 61.9 Å². The van der Waals surface area contributed by atoms with Crippen LogP contribution in [0.3, 0.4) is 0 Å². The van der Waals surface area contributed by atoms with Gasteiger partial charge in [-0.1, -0.05) is 11.6 Å². The third-order valence-electron chi connectivity index (χ3n) is 9.82. The molecule has 1 aromatic heterocycles. The lowest BCUT2D eigenvalue weighted by Gasteiger charge is -2.42. The molecule has 1 aliphatic carbocycles. The first-order valence-electron chi connectivity index (χ1n) is 14.9. The molecule has 1 aromatic rings. The fourth-order valence-electron chi connectivity index (χ4n) is 7.07. The van der Waals surface area contributed by atoms with E-state index < -0.39 is 5.91 Å². The number of likely N-dealkylation sites (tertiary alicyclic amines) is 2. The van der Waals surface area contributed by atoms with Gasteiger partial charge in [0.15, 0.2) is 28.4 Å². The molecule has 4 fully saturated rings. The number of hydrogen-bond acceptors (Lipinski definition) is 11. The topological polar surface area (TPSA) is 196 Å². The maximum absolute atomic E-state index is 13.4. The van der Waals surface area contributed by atoms with E-state index in [4.69, 9.17) is 23.1 Å². The number of hydrogen-bond donors (Lipinski definition) is 6. The number of nitrogen functional groups attached to an aromatic ring is 2. The molecule has 42 heavy (non-hydrogen) atoms. The number of piperidine rings is 2. The predicted octanol–water partition coefficient (Wildman–Crippen LogP) is -0.337. The summed E-state index contributed by atoms with van der Waals surface area (Å²) >= 11 is 5.90. The lowest BCUT2D eigenvalue weighted by atomic mass is 9.79. The average molecular weight is 602 g/mol. The molecule has 0 bridgehead atoms. The molecule has 5 aliphatic rings. The van der Waals surface area contributed by atoms with E-state index in [2.05, 4.69) is 36.2 Å².